The molecule has 12 heteroatoms. The average molecular weight is 593 g/mol. The number of carbonyl (C=O) groups excluding carboxylic acids is 2. The third-order valence-corrected chi connectivity index (χ3v) is 9.94. The number of rotatable bonds is 7. The zero-order chi connectivity index (χ0) is 28.6. The molecule has 206 valence electrons. The van der Waals surface area contributed by atoms with Crippen LogP contribution in [-0.2, 0) is 9.59 Å². The monoisotopic (exact) mass is 592 g/mol. The number of hydrogen-bond acceptors (Lipinski definition) is 11. The quantitative estimate of drug-likeness (QED) is 0.337. The number of allylic oxidation sites excluding steroid dienone is 3. The highest BCUT2D eigenvalue weighted by molar-refractivity contribution is 8.01. The van der Waals surface area contributed by atoms with Gasteiger partial charge in [-0.3, -0.25) is 14.5 Å². The van der Waals surface area contributed by atoms with Gasteiger partial charge in [0.1, 0.15) is 11.6 Å². The van der Waals surface area contributed by atoms with Crippen molar-refractivity contribution in [2.45, 2.75) is 43.9 Å². The molecule has 1 amide bonds. The Hall–Kier alpha value is -3.66. The number of anilines is 2. The van der Waals surface area contributed by atoms with Crippen molar-refractivity contribution in [2.24, 2.45) is 11.1 Å². The van der Waals surface area contributed by atoms with E-state index in [0.717, 1.165) is 16.1 Å². The minimum atomic E-state index is -0.498. The summed E-state index contributed by atoms with van der Waals surface area (Å²) in [6.07, 6.45) is 0.984. The lowest BCUT2D eigenvalue weighted by Gasteiger charge is -2.42. The maximum Gasteiger partial charge on any atom is 0.234 e. The molecule has 3 N–H and O–H groups in total. The van der Waals surface area contributed by atoms with Crippen LogP contribution in [0.1, 0.15) is 43.0 Å². The van der Waals surface area contributed by atoms with E-state index in [1.54, 1.807) is 36.3 Å². The first-order valence-electron chi connectivity index (χ1n) is 12.5. The van der Waals surface area contributed by atoms with Gasteiger partial charge in [-0.2, -0.15) is 5.26 Å². The minimum absolute atomic E-state index is 0.0163. The number of aryl methyl sites for hydroxylation is 1. The third-order valence-electron chi connectivity index (χ3n) is 6.81. The van der Waals surface area contributed by atoms with E-state index in [-0.39, 0.29) is 28.7 Å². The fraction of sp³-hybridized carbons (Fsp3) is 0.321. The molecule has 1 aliphatic carbocycles. The number of nitrogens with one attached hydrogen (secondary N) is 1. The summed E-state index contributed by atoms with van der Waals surface area (Å²) in [5.74, 6) is 0.355. The van der Waals surface area contributed by atoms with E-state index in [4.69, 9.17) is 10.5 Å². The molecule has 0 fully saturated rings. The van der Waals surface area contributed by atoms with Gasteiger partial charge in [-0.25, -0.2) is 0 Å². The molecule has 0 saturated carbocycles. The van der Waals surface area contributed by atoms with Crippen LogP contribution in [0.3, 0.4) is 0 Å². The zero-order valence-corrected chi connectivity index (χ0v) is 24.9. The predicted molar refractivity (Wildman–Crippen MR) is 158 cm³/mol. The molecule has 5 rings (SSSR count). The number of amides is 1. The number of nitrogens with two attached hydrogens (primary N) is 1. The van der Waals surface area contributed by atoms with Gasteiger partial charge in [0.15, 0.2) is 10.1 Å². The first-order chi connectivity index (χ1) is 19.1. The normalized spacial score (nSPS) is 18.4. The second kappa shape index (κ2) is 11.1. The molecule has 2 aromatic heterocycles. The molecule has 1 aromatic carbocycles. The maximum absolute atomic E-state index is 13.6. The Labute approximate surface area is 244 Å². The van der Waals surface area contributed by atoms with E-state index in [1.165, 1.54) is 34.4 Å². The number of Topliss-reactive ketones (excluding diaryl/α,β-unsaturated/α-hetero) is 1. The summed E-state index contributed by atoms with van der Waals surface area (Å²) in [5, 5.41) is 24.2. The third kappa shape index (κ3) is 5.37. The number of hydrogen-bond donors (Lipinski definition) is 2. The molecule has 0 saturated heterocycles. The number of nitrogens with zero attached hydrogens (tertiary/aromatic N) is 4. The van der Waals surface area contributed by atoms with Gasteiger partial charge in [-0.05, 0) is 47.9 Å². The van der Waals surface area contributed by atoms with E-state index in [2.05, 4.69) is 35.4 Å². The van der Waals surface area contributed by atoms with Crippen molar-refractivity contribution in [3.05, 3.63) is 68.8 Å². The Morgan fingerprint density at radius 2 is 2.12 bits per heavy atom. The van der Waals surface area contributed by atoms with Crippen LogP contribution < -0.4 is 20.7 Å². The average Bonchev–Trinajstić information content (AvgIpc) is 3.55. The van der Waals surface area contributed by atoms with Gasteiger partial charge >= 0.3 is 0 Å². The Morgan fingerprint density at radius 1 is 1.32 bits per heavy atom. The van der Waals surface area contributed by atoms with Crippen LogP contribution in [0.25, 0.3) is 0 Å². The Bertz CT molecular complexity index is 1600. The predicted octanol–water partition coefficient (Wildman–Crippen LogP) is 5.59. The Kier molecular flexibility index (Phi) is 7.72. The summed E-state index contributed by atoms with van der Waals surface area (Å²) >= 11 is 4.05. The number of nitriles is 1. The maximum atomic E-state index is 13.6. The number of ether oxygens (including phenoxy) is 1. The molecule has 1 aliphatic heterocycles. The first-order valence-corrected chi connectivity index (χ1v) is 15.2. The molecular weight excluding hydrogens is 565 g/mol. The molecule has 2 aliphatic rings. The van der Waals surface area contributed by atoms with Gasteiger partial charge in [0.2, 0.25) is 11.0 Å². The molecule has 9 nitrogen and oxygen atoms in total. The molecule has 0 spiro atoms. The molecule has 1 atom stereocenters. The number of methoxy groups -OCH3 is 1. The molecule has 40 heavy (non-hydrogen) atoms. The summed E-state index contributed by atoms with van der Waals surface area (Å²) < 4.78 is 5.78. The molecule has 3 heterocycles. The standard InChI is InChI=1S/C28H28N6O3S3/c1-15-8-9-38-24(15)22-18(13-29)25(30)34(19-11-28(2,3)12-20(35)23(19)22)26-32-33-27(40-26)39-14-21(36)31-16-6-5-7-17(10-16)37-4/h5-10,22H,11-12,14,30H2,1-4H3,(H,31,36). The smallest absolute Gasteiger partial charge is 0.234 e. The van der Waals surface area contributed by atoms with Crippen molar-refractivity contribution in [3.8, 4) is 11.8 Å². The second-order valence-corrected chi connectivity index (χ2v) is 13.5. The summed E-state index contributed by atoms with van der Waals surface area (Å²) in [5.41, 5.74) is 9.78. The highest BCUT2D eigenvalue weighted by Crippen LogP contribution is 2.52. The van der Waals surface area contributed by atoms with Crippen molar-refractivity contribution in [1.82, 2.24) is 10.2 Å². The SMILES string of the molecule is COc1cccc(NC(=O)CSc2nnc(N3C(N)=C(C#N)C(c4sccc4C)C4=C3CC(C)(C)CC4=O)s2)c1. The van der Waals surface area contributed by atoms with E-state index in [9.17, 15) is 14.9 Å². The van der Waals surface area contributed by atoms with Crippen LogP contribution in [0, 0.1) is 23.7 Å². The van der Waals surface area contributed by atoms with E-state index in [1.807, 2.05) is 18.4 Å². The lowest BCUT2D eigenvalue weighted by Crippen LogP contribution is -2.42. The number of carbonyl (C=O) groups is 2. The van der Waals surface area contributed by atoms with Gasteiger partial charge in [0, 0.05) is 34.3 Å². The van der Waals surface area contributed by atoms with Crippen LogP contribution in [0.15, 0.2) is 62.7 Å². The molecule has 1 unspecified atom stereocenters. The number of thioether (sulfide) groups is 1. The van der Waals surface area contributed by atoms with Gasteiger partial charge in [0.05, 0.1) is 30.4 Å². The topological polar surface area (TPSA) is 134 Å². The highest BCUT2D eigenvalue weighted by atomic mass is 32.2. The van der Waals surface area contributed by atoms with Crippen LogP contribution >= 0.6 is 34.4 Å². The van der Waals surface area contributed by atoms with E-state index in [0.29, 0.717) is 44.9 Å². The van der Waals surface area contributed by atoms with Crippen molar-refractivity contribution in [2.75, 3.05) is 23.1 Å². The van der Waals surface area contributed by atoms with Crippen molar-refractivity contribution >= 4 is 56.9 Å². The largest absolute Gasteiger partial charge is 0.497 e. The number of thiophene rings is 1. The first kappa shape index (κ1) is 27.9. The summed E-state index contributed by atoms with van der Waals surface area (Å²) in [6, 6.07) is 11.4. The highest BCUT2D eigenvalue weighted by Gasteiger charge is 2.46. The van der Waals surface area contributed by atoms with Crippen molar-refractivity contribution in [3.63, 3.8) is 0 Å². The van der Waals surface area contributed by atoms with E-state index < -0.39 is 5.92 Å². The lowest BCUT2D eigenvalue weighted by molar-refractivity contribution is -0.118. The molecule has 0 bridgehead atoms. The molecule has 0 radical (unpaired) electrons. The molecular formula is C28H28N6O3S3. The van der Waals surface area contributed by atoms with Gasteiger partial charge in [-0.15, -0.1) is 21.5 Å². The van der Waals surface area contributed by atoms with Gasteiger partial charge in [-0.1, -0.05) is 43.0 Å². The minimum Gasteiger partial charge on any atom is -0.497 e. The Morgan fingerprint density at radius 3 is 2.83 bits per heavy atom. The fourth-order valence-electron chi connectivity index (χ4n) is 5.05. The van der Waals surface area contributed by atoms with Gasteiger partial charge < -0.3 is 15.8 Å². The van der Waals surface area contributed by atoms with Crippen LogP contribution in [0.5, 0.6) is 5.75 Å². The summed E-state index contributed by atoms with van der Waals surface area (Å²) in [4.78, 5) is 28.9. The fourth-order valence-corrected chi connectivity index (χ4v) is 7.77. The Balaban J connectivity index is 1.44. The van der Waals surface area contributed by atoms with Gasteiger partial charge in [0.25, 0.3) is 0 Å². The van der Waals surface area contributed by atoms with Crippen LogP contribution in [0.4, 0.5) is 10.8 Å². The van der Waals surface area contributed by atoms with Crippen molar-refractivity contribution < 1.29 is 14.3 Å². The van der Waals surface area contributed by atoms with Crippen LogP contribution in [-0.4, -0.2) is 34.8 Å². The second-order valence-electron chi connectivity index (χ2n) is 10.4. The lowest BCUT2D eigenvalue weighted by atomic mass is 9.69. The summed E-state index contributed by atoms with van der Waals surface area (Å²) in [7, 11) is 1.57. The summed E-state index contributed by atoms with van der Waals surface area (Å²) in [6.45, 7) is 6.10. The van der Waals surface area contributed by atoms with E-state index >= 15 is 0 Å². The zero-order valence-electron chi connectivity index (χ0n) is 22.5. The number of benzene rings is 1. The number of ketones is 1. The van der Waals surface area contributed by atoms with Crippen molar-refractivity contribution in [1.29, 1.82) is 5.26 Å². The van der Waals surface area contributed by atoms with Crippen LogP contribution in [0.2, 0.25) is 0 Å². The number of aromatic nitrogens is 2. The molecule has 3 aromatic rings.